The third kappa shape index (κ3) is 3.93. The van der Waals surface area contributed by atoms with Crippen LogP contribution in [0.15, 0.2) is 33.9 Å². The maximum absolute atomic E-state index is 12.1. The van der Waals surface area contributed by atoms with Crippen molar-refractivity contribution in [1.82, 2.24) is 10.2 Å². The molecule has 1 aromatic heterocycles. The van der Waals surface area contributed by atoms with E-state index in [4.69, 9.17) is 9.15 Å². The largest absolute Gasteiger partial charge is 0.493 e. The summed E-state index contributed by atoms with van der Waals surface area (Å²) in [5.41, 5.74) is 0.779. The zero-order chi connectivity index (χ0) is 16.1. The number of rotatable bonds is 5. The fourth-order valence-corrected chi connectivity index (χ4v) is 3.66. The Balaban J connectivity index is 1.77. The minimum Gasteiger partial charge on any atom is -0.493 e. The number of aromatic nitrogens is 2. The van der Waals surface area contributed by atoms with Gasteiger partial charge in [-0.15, -0.1) is 10.2 Å². The van der Waals surface area contributed by atoms with Crippen LogP contribution in [-0.4, -0.2) is 27.8 Å². The highest BCUT2D eigenvalue weighted by molar-refractivity contribution is 8.00. The van der Waals surface area contributed by atoms with Gasteiger partial charge in [-0.2, -0.15) is 0 Å². The fraction of sp³-hybridized carbons (Fsp3) is 0.471. The Morgan fingerprint density at radius 1 is 1.26 bits per heavy atom. The maximum atomic E-state index is 12.1. The summed E-state index contributed by atoms with van der Waals surface area (Å²) in [6.45, 7) is 2.51. The molecule has 6 heteroatoms. The average Bonchev–Trinajstić information content (AvgIpc) is 2.93. The lowest BCUT2D eigenvalue weighted by Gasteiger charge is -2.08. The van der Waals surface area contributed by atoms with Gasteiger partial charge in [0.15, 0.2) is 0 Å². The minimum absolute atomic E-state index is 0.0621. The number of Topliss-reactive ketones (excluding diaryl/α,β-unsaturated/α-hetero) is 1. The number of ether oxygens (including phenoxy) is 1. The molecule has 2 aromatic rings. The van der Waals surface area contributed by atoms with Crippen LogP contribution in [0.25, 0.3) is 11.5 Å². The lowest BCUT2D eigenvalue weighted by molar-refractivity contribution is -0.118. The van der Waals surface area contributed by atoms with E-state index in [1.54, 1.807) is 0 Å². The van der Waals surface area contributed by atoms with Crippen LogP contribution in [0.1, 0.15) is 39.0 Å². The molecule has 0 saturated heterocycles. The van der Waals surface area contributed by atoms with Crippen molar-refractivity contribution in [3.05, 3.63) is 24.3 Å². The van der Waals surface area contributed by atoms with Crippen LogP contribution in [0.3, 0.4) is 0 Å². The Hall–Kier alpha value is -1.82. The van der Waals surface area contributed by atoms with Gasteiger partial charge in [-0.05, 0) is 31.9 Å². The second-order valence-electron chi connectivity index (χ2n) is 5.47. The number of carbonyl (C=O) groups is 1. The van der Waals surface area contributed by atoms with E-state index < -0.39 is 0 Å². The summed E-state index contributed by atoms with van der Waals surface area (Å²) in [6.07, 6.45) is 4.74. The number of hydrogen-bond donors (Lipinski definition) is 0. The van der Waals surface area contributed by atoms with E-state index in [9.17, 15) is 4.79 Å². The highest BCUT2D eigenvalue weighted by Gasteiger charge is 2.24. The molecule has 3 rings (SSSR count). The predicted molar refractivity (Wildman–Crippen MR) is 88.6 cm³/mol. The number of ketones is 1. The third-order valence-electron chi connectivity index (χ3n) is 3.82. The van der Waals surface area contributed by atoms with Crippen molar-refractivity contribution in [2.75, 3.05) is 6.61 Å². The molecule has 0 aliphatic heterocycles. The number of para-hydroxylation sites is 1. The van der Waals surface area contributed by atoms with E-state index in [1.807, 2.05) is 31.2 Å². The summed E-state index contributed by atoms with van der Waals surface area (Å²) in [4.78, 5) is 12.1. The first-order valence-corrected chi connectivity index (χ1v) is 8.91. The van der Waals surface area contributed by atoms with E-state index in [2.05, 4.69) is 10.2 Å². The van der Waals surface area contributed by atoms with E-state index in [0.717, 1.165) is 37.0 Å². The molecule has 122 valence electrons. The monoisotopic (exact) mass is 332 g/mol. The zero-order valence-electron chi connectivity index (χ0n) is 13.2. The van der Waals surface area contributed by atoms with Crippen LogP contribution in [0, 0.1) is 0 Å². The van der Waals surface area contributed by atoms with Gasteiger partial charge in [0, 0.05) is 6.42 Å². The van der Waals surface area contributed by atoms with Crippen LogP contribution in [0.2, 0.25) is 0 Å². The highest BCUT2D eigenvalue weighted by atomic mass is 32.2. The van der Waals surface area contributed by atoms with E-state index in [1.165, 1.54) is 11.8 Å². The molecular formula is C17H20N2O3S. The summed E-state index contributed by atoms with van der Waals surface area (Å²) in [6, 6.07) is 7.59. The second-order valence-corrected chi connectivity index (χ2v) is 6.63. The number of nitrogens with zero attached hydrogens (tertiary/aromatic N) is 2. The van der Waals surface area contributed by atoms with Crippen LogP contribution >= 0.6 is 11.8 Å². The van der Waals surface area contributed by atoms with Gasteiger partial charge in [0.25, 0.3) is 11.1 Å². The van der Waals surface area contributed by atoms with Crippen molar-refractivity contribution >= 4 is 17.5 Å². The molecule has 1 aliphatic rings. The summed E-state index contributed by atoms with van der Waals surface area (Å²) in [5, 5.41) is 8.59. The lowest BCUT2D eigenvalue weighted by atomic mass is 10.2. The summed E-state index contributed by atoms with van der Waals surface area (Å²) >= 11 is 1.39. The van der Waals surface area contributed by atoms with E-state index >= 15 is 0 Å². The Kier molecular flexibility index (Phi) is 5.33. The molecule has 1 atom stereocenters. The molecule has 0 radical (unpaired) electrons. The first-order valence-electron chi connectivity index (χ1n) is 8.03. The van der Waals surface area contributed by atoms with E-state index in [-0.39, 0.29) is 5.25 Å². The molecule has 5 nitrogen and oxygen atoms in total. The minimum atomic E-state index is -0.0621. The van der Waals surface area contributed by atoms with Crippen LogP contribution in [-0.2, 0) is 4.79 Å². The molecule has 0 spiro atoms. The summed E-state index contributed by atoms with van der Waals surface area (Å²) in [7, 11) is 0. The standard InChI is InChI=1S/C17H20N2O3S/c1-2-21-14-10-7-6-8-12(14)16-18-19-17(22-16)23-15-11-5-3-4-9-13(15)20/h6-8,10,15H,2-5,9,11H2,1H3. The second kappa shape index (κ2) is 7.64. The molecule has 1 saturated carbocycles. The molecule has 1 aliphatic carbocycles. The Labute approximate surface area is 139 Å². The first kappa shape index (κ1) is 16.1. The molecule has 1 aromatic carbocycles. The smallest absolute Gasteiger partial charge is 0.277 e. The molecular weight excluding hydrogens is 312 g/mol. The molecule has 1 fully saturated rings. The molecule has 0 amide bonds. The van der Waals surface area contributed by atoms with Crippen LogP contribution in [0.5, 0.6) is 5.75 Å². The van der Waals surface area contributed by atoms with Crippen molar-refractivity contribution in [3.8, 4) is 17.2 Å². The van der Waals surface area contributed by atoms with Gasteiger partial charge in [-0.3, -0.25) is 4.79 Å². The van der Waals surface area contributed by atoms with Gasteiger partial charge >= 0.3 is 0 Å². The van der Waals surface area contributed by atoms with Crippen molar-refractivity contribution in [1.29, 1.82) is 0 Å². The SMILES string of the molecule is CCOc1ccccc1-c1nnc(SC2CCCCCC2=O)o1. The van der Waals surface area contributed by atoms with Gasteiger partial charge in [0.1, 0.15) is 11.5 Å². The predicted octanol–water partition coefficient (Wildman–Crippen LogP) is 4.13. The number of carbonyl (C=O) groups excluding carboxylic acids is 1. The topological polar surface area (TPSA) is 65.2 Å². The first-order chi connectivity index (χ1) is 11.3. The molecule has 1 heterocycles. The number of thioether (sulfide) groups is 1. The summed E-state index contributed by atoms with van der Waals surface area (Å²) in [5.74, 6) is 1.44. The van der Waals surface area contributed by atoms with Crippen molar-refractivity contribution < 1.29 is 13.9 Å². The quantitative estimate of drug-likeness (QED) is 0.767. The Morgan fingerprint density at radius 3 is 3.00 bits per heavy atom. The van der Waals surface area contributed by atoms with Gasteiger partial charge in [0.05, 0.1) is 17.4 Å². The lowest BCUT2D eigenvalue weighted by Crippen LogP contribution is -2.14. The van der Waals surface area contributed by atoms with Crippen LogP contribution in [0.4, 0.5) is 0 Å². The van der Waals surface area contributed by atoms with Gasteiger partial charge in [-0.25, -0.2) is 0 Å². The molecule has 1 unspecified atom stereocenters. The normalized spacial score (nSPS) is 18.7. The van der Waals surface area contributed by atoms with Crippen molar-refractivity contribution in [2.24, 2.45) is 0 Å². The molecule has 0 N–H and O–H groups in total. The zero-order valence-corrected chi connectivity index (χ0v) is 14.0. The third-order valence-corrected chi connectivity index (χ3v) is 4.97. The van der Waals surface area contributed by atoms with Crippen molar-refractivity contribution in [2.45, 2.75) is 49.5 Å². The average molecular weight is 332 g/mol. The van der Waals surface area contributed by atoms with Crippen molar-refractivity contribution in [3.63, 3.8) is 0 Å². The number of hydrogen-bond acceptors (Lipinski definition) is 6. The maximum Gasteiger partial charge on any atom is 0.277 e. The van der Waals surface area contributed by atoms with Gasteiger partial charge in [0.2, 0.25) is 0 Å². The van der Waals surface area contributed by atoms with Crippen LogP contribution < -0.4 is 4.74 Å². The molecule has 0 bridgehead atoms. The van der Waals surface area contributed by atoms with Gasteiger partial charge in [-0.1, -0.05) is 36.7 Å². The Morgan fingerprint density at radius 2 is 2.13 bits per heavy atom. The highest BCUT2D eigenvalue weighted by Crippen LogP contribution is 2.34. The van der Waals surface area contributed by atoms with Gasteiger partial charge < -0.3 is 9.15 Å². The van der Waals surface area contributed by atoms with E-state index in [0.29, 0.717) is 29.9 Å². The fourth-order valence-electron chi connectivity index (χ4n) is 2.66. The number of benzene rings is 1. The summed E-state index contributed by atoms with van der Waals surface area (Å²) < 4.78 is 11.4. The molecule has 23 heavy (non-hydrogen) atoms. The Bertz CT molecular complexity index is 671.